The van der Waals surface area contributed by atoms with Crippen molar-refractivity contribution in [2.24, 2.45) is 11.7 Å². The summed E-state index contributed by atoms with van der Waals surface area (Å²) in [7, 11) is 0. The van der Waals surface area contributed by atoms with Crippen molar-refractivity contribution in [1.82, 2.24) is 4.90 Å². The predicted octanol–water partition coefficient (Wildman–Crippen LogP) is 2.31. The van der Waals surface area contributed by atoms with Crippen molar-refractivity contribution in [3.05, 3.63) is 30.3 Å². The van der Waals surface area contributed by atoms with Crippen molar-refractivity contribution in [2.75, 3.05) is 31.1 Å². The fourth-order valence-electron chi connectivity index (χ4n) is 3.35. The van der Waals surface area contributed by atoms with Gasteiger partial charge in [0.05, 0.1) is 5.92 Å². The number of anilines is 1. The zero-order valence-corrected chi connectivity index (χ0v) is 14.3. The maximum absolute atomic E-state index is 12.5. The van der Waals surface area contributed by atoms with Crippen LogP contribution in [-0.4, -0.2) is 43.0 Å². The molecular weight excluding hydrogens is 321 g/mol. The third-order valence-electron chi connectivity index (χ3n) is 4.60. The summed E-state index contributed by atoms with van der Waals surface area (Å²) in [6, 6.07) is 10.5. The predicted molar refractivity (Wildman–Crippen MR) is 95.0 cm³/mol. The number of hydrogen-bond donors (Lipinski definition) is 1. The molecule has 6 heteroatoms. The monoisotopic (exact) mass is 345 g/mol. The first-order valence-electron chi connectivity index (χ1n) is 7.60. The Labute approximate surface area is 144 Å². The van der Waals surface area contributed by atoms with E-state index in [-0.39, 0.29) is 42.7 Å². The fraction of sp³-hybridized carbons (Fsp3) is 0.562. The Morgan fingerprint density at radius 1 is 1.00 bits per heavy atom. The molecule has 0 aromatic heterocycles. The Balaban J connectivity index is 0.00000121. The summed E-state index contributed by atoms with van der Waals surface area (Å²) in [4.78, 5) is 16.8. The molecule has 1 aliphatic carbocycles. The number of amides is 1. The summed E-state index contributed by atoms with van der Waals surface area (Å²) in [5.74, 6) is 0.348. The van der Waals surface area contributed by atoms with Gasteiger partial charge < -0.3 is 15.5 Å². The molecule has 1 aliphatic heterocycles. The molecule has 2 unspecified atom stereocenters. The second-order valence-electron chi connectivity index (χ2n) is 5.85. The minimum absolute atomic E-state index is 0. The highest BCUT2D eigenvalue weighted by molar-refractivity contribution is 5.85. The standard InChI is InChI=1S/C16H23N3O.2ClH/c17-15-8-4-7-14(15)16(20)19-11-9-18(10-12-19)13-5-2-1-3-6-13;;/h1-3,5-6,14-15H,4,7-12,17H2;2*1H. The molecule has 3 rings (SSSR count). The lowest BCUT2D eigenvalue weighted by atomic mass is 10.0. The van der Waals surface area contributed by atoms with E-state index in [1.807, 2.05) is 11.0 Å². The Hall–Kier alpha value is -0.970. The van der Waals surface area contributed by atoms with Crippen LogP contribution in [0.2, 0.25) is 0 Å². The van der Waals surface area contributed by atoms with E-state index in [1.165, 1.54) is 5.69 Å². The highest BCUT2D eigenvalue weighted by atomic mass is 35.5. The Kier molecular flexibility index (Phi) is 7.46. The quantitative estimate of drug-likeness (QED) is 0.894. The smallest absolute Gasteiger partial charge is 0.227 e. The molecule has 1 saturated heterocycles. The number of carbonyl (C=O) groups is 1. The van der Waals surface area contributed by atoms with Crippen molar-refractivity contribution < 1.29 is 4.79 Å². The van der Waals surface area contributed by atoms with Gasteiger partial charge in [0.1, 0.15) is 0 Å². The van der Waals surface area contributed by atoms with Gasteiger partial charge in [-0.15, -0.1) is 24.8 Å². The van der Waals surface area contributed by atoms with Crippen LogP contribution in [0.25, 0.3) is 0 Å². The number of nitrogens with zero attached hydrogens (tertiary/aromatic N) is 2. The van der Waals surface area contributed by atoms with Crippen molar-refractivity contribution in [3.8, 4) is 0 Å². The van der Waals surface area contributed by atoms with Gasteiger partial charge in [0.2, 0.25) is 5.91 Å². The lowest BCUT2D eigenvalue weighted by Crippen LogP contribution is -2.52. The van der Waals surface area contributed by atoms with Gasteiger partial charge in [0.15, 0.2) is 0 Å². The number of para-hydroxylation sites is 1. The molecular formula is C16H25Cl2N3O. The van der Waals surface area contributed by atoms with Crippen LogP contribution >= 0.6 is 24.8 Å². The van der Waals surface area contributed by atoms with E-state index in [4.69, 9.17) is 5.73 Å². The average molecular weight is 346 g/mol. The maximum atomic E-state index is 12.5. The summed E-state index contributed by atoms with van der Waals surface area (Å²) < 4.78 is 0. The normalized spacial score (nSPS) is 24.4. The molecule has 22 heavy (non-hydrogen) atoms. The molecule has 4 nitrogen and oxygen atoms in total. The van der Waals surface area contributed by atoms with Crippen LogP contribution < -0.4 is 10.6 Å². The van der Waals surface area contributed by atoms with Gasteiger partial charge in [0.25, 0.3) is 0 Å². The van der Waals surface area contributed by atoms with Crippen LogP contribution in [0.4, 0.5) is 5.69 Å². The van der Waals surface area contributed by atoms with E-state index < -0.39 is 0 Å². The third kappa shape index (κ3) is 4.06. The van der Waals surface area contributed by atoms with Gasteiger partial charge in [-0.2, -0.15) is 0 Å². The number of carbonyl (C=O) groups excluding carboxylic acids is 1. The first-order valence-corrected chi connectivity index (χ1v) is 7.60. The summed E-state index contributed by atoms with van der Waals surface area (Å²) in [6.07, 6.45) is 3.07. The van der Waals surface area contributed by atoms with Crippen LogP contribution in [0.15, 0.2) is 30.3 Å². The van der Waals surface area contributed by atoms with E-state index in [0.29, 0.717) is 0 Å². The average Bonchev–Trinajstić information content (AvgIpc) is 2.94. The Bertz CT molecular complexity index is 464. The molecule has 2 fully saturated rings. The summed E-state index contributed by atoms with van der Waals surface area (Å²) >= 11 is 0. The zero-order valence-electron chi connectivity index (χ0n) is 12.7. The van der Waals surface area contributed by atoms with Gasteiger partial charge >= 0.3 is 0 Å². The summed E-state index contributed by atoms with van der Waals surface area (Å²) in [5.41, 5.74) is 7.29. The highest BCUT2D eigenvalue weighted by Gasteiger charge is 2.34. The number of halogens is 2. The van der Waals surface area contributed by atoms with Crippen molar-refractivity contribution in [2.45, 2.75) is 25.3 Å². The van der Waals surface area contributed by atoms with Gasteiger partial charge in [-0.3, -0.25) is 4.79 Å². The molecule has 2 N–H and O–H groups in total. The molecule has 0 radical (unpaired) electrons. The number of rotatable bonds is 2. The van der Waals surface area contributed by atoms with E-state index >= 15 is 0 Å². The van der Waals surface area contributed by atoms with Crippen molar-refractivity contribution in [1.29, 1.82) is 0 Å². The molecule has 1 aromatic carbocycles. The molecule has 2 atom stereocenters. The van der Waals surface area contributed by atoms with Crippen LogP contribution in [0.1, 0.15) is 19.3 Å². The fourth-order valence-corrected chi connectivity index (χ4v) is 3.35. The number of benzene rings is 1. The van der Waals surface area contributed by atoms with E-state index in [1.54, 1.807) is 0 Å². The minimum Gasteiger partial charge on any atom is -0.368 e. The number of piperazine rings is 1. The third-order valence-corrected chi connectivity index (χ3v) is 4.60. The van der Waals surface area contributed by atoms with E-state index in [2.05, 4.69) is 29.2 Å². The number of nitrogens with two attached hydrogens (primary N) is 1. The lowest BCUT2D eigenvalue weighted by molar-refractivity contribution is -0.136. The zero-order chi connectivity index (χ0) is 13.9. The first-order chi connectivity index (χ1) is 9.75. The maximum Gasteiger partial charge on any atom is 0.227 e. The van der Waals surface area contributed by atoms with Crippen molar-refractivity contribution >= 4 is 36.4 Å². The second-order valence-corrected chi connectivity index (χ2v) is 5.85. The first kappa shape index (κ1) is 19.1. The number of hydrogen-bond acceptors (Lipinski definition) is 3. The van der Waals surface area contributed by atoms with Gasteiger partial charge in [0, 0.05) is 37.9 Å². The molecule has 1 saturated carbocycles. The van der Waals surface area contributed by atoms with E-state index in [0.717, 1.165) is 45.4 Å². The summed E-state index contributed by atoms with van der Waals surface area (Å²) in [5, 5.41) is 0. The SMILES string of the molecule is Cl.Cl.NC1CCCC1C(=O)N1CCN(c2ccccc2)CC1. The van der Waals surface area contributed by atoms with Gasteiger partial charge in [-0.1, -0.05) is 24.6 Å². The minimum atomic E-state index is 0. The molecule has 124 valence electrons. The topological polar surface area (TPSA) is 49.6 Å². The molecule has 0 spiro atoms. The Morgan fingerprint density at radius 3 is 2.18 bits per heavy atom. The molecule has 1 amide bonds. The van der Waals surface area contributed by atoms with Crippen molar-refractivity contribution in [3.63, 3.8) is 0 Å². The molecule has 1 aromatic rings. The van der Waals surface area contributed by atoms with E-state index in [9.17, 15) is 4.79 Å². The van der Waals surface area contributed by atoms with Gasteiger partial charge in [-0.25, -0.2) is 0 Å². The lowest BCUT2D eigenvalue weighted by Gasteiger charge is -2.37. The molecule has 2 aliphatic rings. The van der Waals surface area contributed by atoms with Crippen LogP contribution in [0, 0.1) is 5.92 Å². The van der Waals surface area contributed by atoms with Crippen LogP contribution in [0.3, 0.4) is 0 Å². The molecule has 0 bridgehead atoms. The largest absolute Gasteiger partial charge is 0.368 e. The molecule has 1 heterocycles. The second kappa shape index (κ2) is 8.61. The Morgan fingerprint density at radius 2 is 1.64 bits per heavy atom. The highest BCUT2D eigenvalue weighted by Crippen LogP contribution is 2.26. The van der Waals surface area contributed by atoms with Gasteiger partial charge in [-0.05, 0) is 25.0 Å². The van der Waals surface area contributed by atoms with Crippen LogP contribution in [-0.2, 0) is 4.79 Å². The summed E-state index contributed by atoms with van der Waals surface area (Å²) in [6.45, 7) is 3.46. The van der Waals surface area contributed by atoms with Crippen LogP contribution in [0.5, 0.6) is 0 Å².